The summed E-state index contributed by atoms with van der Waals surface area (Å²) in [4.78, 5) is 26.0. The predicted octanol–water partition coefficient (Wildman–Crippen LogP) is 4.84. The fourth-order valence-electron chi connectivity index (χ4n) is 3.02. The maximum absolute atomic E-state index is 12.5. The number of hydrazone groups is 1. The zero-order valence-electron chi connectivity index (χ0n) is 19.5. The van der Waals surface area contributed by atoms with Crippen molar-refractivity contribution >= 4 is 40.2 Å². The van der Waals surface area contributed by atoms with Gasteiger partial charge in [0, 0.05) is 19.5 Å². The van der Waals surface area contributed by atoms with E-state index >= 15 is 0 Å². The Balaban J connectivity index is 1.72. The normalized spacial score (nSPS) is 12.2. The molecule has 0 aliphatic rings. The summed E-state index contributed by atoms with van der Waals surface area (Å²) in [5.41, 5.74) is 8.39. The molecule has 0 saturated carbocycles. The van der Waals surface area contributed by atoms with Crippen molar-refractivity contribution < 1.29 is 14.7 Å². The number of benzene rings is 1. The summed E-state index contributed by atoms with van der Waals surface area (Å²) < 4.78 is 0. The van der Waals surface area contributed by atoms with Crippen LogP contribution < -0.4 is 10.9 Å². The zero-order chi connectivity index (χ0) is 24.3. The van der Waals surface area contributed by atoms with Crippen LogP contribution >= 0.6 is 22.7 Å². The molecule has 3 aromatic rings. The van der Waals surface area contributed by atoms with Crippen LogP contribution in [-0.2, 0) is 5.41 Å². The number of nitrogens with zero attached hydrogens (tertiary/aromatic N) is 2. The van der Waals surface area contributed by atoms with E-state index in [1.807, 2.05) is 17.5 Å². The van der Waals surface area contributed by atoms with Gasteiger partial charge in [-0.25, -0.2) is 10.4 Å². The Hall–Kier alpha value is -3.01. The number of carbonyl (C=O) groups excluding carboxylic acids is 2. The lowest BCUT2D eigenvalue weighted by Crippen LogP contribution is -2.35. The van der Waals surface area contributed by atoms with E-state index in [0.29, 0.717) is 21.0 Å². The Kier molecular flexibility index (Phi) is 7.36. The number of aromatic hydroxyl groups is 1. The first-order valence-electron chi connectivity index (χ1n) is 10.3. The van der Waals surface area contributed by atoms with Gasteiger partial charge in [0.1, 0.15) is 5.75 Å². The highest BCUT2D eigenvalue weighted by Crippen LogP contribution is 2.39. The van der Waals surface area contributed by atoms with Gasteiger partial charge in [0.15, 0.2) is 0 Å². The Morgan fingerprint density at radius 3 is 2.18 bits per heavy atom. The monoisotopic (exact) mass is 484 g/mol. The van der Waals surface area contributed by atoms with Crippen LogP contribution in [0.4, 0.5) is 0 Å². The van der Waals surface area contributed by atoms with Crippen molar-refractivity contribution in [3.63, 3.8) is 0 Å². The number of hydrogen-bond acceptors (Lipinski definition) is 7. The largest absolute Gasteiger partial charge is 0.506 e. The van der Waals surface area contributed by atoms with Crippen molar-refractivity contribution in [2.24, 2.45) is 5.10 Å². The van der Waals surface area contributed by atoms with E-state index in [9.17, 15) is 14.7 Å². The Bertz CT molecular complexity index is 1190. The maximum Gasteiger partial charge on any atom is 0.281 e. The van der Waals surface area contributed by atoms with Gasteiger partial charge in [-0.1, -0.05) is 45.0 Å². The lowest BCUT2D eigenvalue weighted by molar-refractivity contribution is 0.0861. The first kappa shape index (κ1) is 24.6. The molecule has 9 heteroatoms. The summed E-state index contributed by atoms with van der Waals surface area (Å²) in [5, 5.41) is 18.3. The van der Waals surface area contributed by atoms with Crippen LogP contribution in [0.1, 0.15) is 58.2 Å². The molecule has 0 fully saturated rings. The lowest BCUT2D eigenvalue weighted by atomic mass is 9.86. The maximum atomic E-state index is 12.5. The number of hydrazine groups is 1. The minimum atomic E-state index is -0.420. The highest BCUT2D eigenvalue weighted by molar-refractivity contribution is 7.16. The molecule has 0 radical (unpaired) electrons. The van der Waals surface area contributed by atoms with E-state index in [2.05, 4.69) is 48.9 Å². The average molecular weight is 485 g/mol. The summed E-state index contributed by atoms with van der Waals surface area (Å²) in [6.07, 6.45) is 0. The molecule has 1 aromatic carbocycles. The first-order chi connectivity index (χ1) is 15.5. The molecule has 0 spiro atoms. The number of amides is 2. The third-order valence-electron chi connectivity index (χ3n) is 4.87. The van der Waals surface area contributed by atoms with Gasteiger partial charge in [0.25, 0.3) is 11.8 Å². The zero-order valence-corrected chi connectivity index (χ0v) is 21.1. The van der Waals surface area contributed by atoms with Crippen LogP contribution in [0.2, 0.25) is 0 Å². The molecule has 7 nitrogen and oxygen atoms in total. The van der Waals surface area contributed by atoms with Gasteiger partial charge in [-0.2, -0.15) is 5.10 Å². The fourth-order valence-corrected chi connectivity index (χ4v) is 4.82. The van der Waals surface area contributed by atoms with E-state index in [4.69, 9.17) is 0 Å². The number of nitrogens with one attached hydrogen (secondary N) is 2. The Labute approximate surface area is 201 Å². The second-order valence-electron chi connectivity index (χ2n) is 8.79. The van der Waals surface area contributed by atoms with Gasteiger partial charge in [-0.3, -0.25) is 15.0 Å². The van der Waals surface area contributed by atoms with Gasteiger partial charge in [-0.15, -0.1) is 22.7 Å². The first-order valence-corrected chi connectivity index (χ1v) is 12.0. The van der Waals surface area contributed by atoms with E-state index in [-0.39, 0.29) is 17.1 Å². The van der Waals surface area contributed by atoms with Crippen LogP contribution in [0, 0.1) is 0 Å². The van der Waals surface area contributed by atoms with Gasteiger partial charge >= 0.3 is 0 Å². The molecule has 2 aromatic heterocycles. The predicted molar refractivity (Wildman–Crippen MR) is 135 cm³/mol. The van der Waals surface area contributed by atoms with Crippen LogP contribution in [-0.4, -0.2) is 41.7 Å². The van der Waals surface area contributed by atoms with Crippen LogP contribution in [0.15, 0.2) is 46.9 Å². The SMILES string of the molecule is C/C(=N\NC(=O)c1ccc(C(=O)NN(C)C)s1)c1csc(-c2ccc(C(C)(C)C)cc2)c1O. The van der Waals surface area contributed by atoms with Crippen molar-refractivity contribution in [1.82, 2.24) is 15.9 Å². The summed E-state index contributed by atoms with van der Waals surface area (Å²) >= 11 is 2.50. The summed E-state index contributed by atoms with van der Waals surface area (Å²) in [6, 6.07) is 11.3. The number of rotatable bonds is 6. The molecule has 2 amide bonds. The molecule has 0 aliphatic heterocycles. The molecule has 2 heterocycles. The highest BCUT2D eigenvalue weighted by atomic mass is 32.1. The van der Waals surface area contributed by atoms with Gasteiger partial charge < -0.3 is 5.11 Å². The fraction of sp³-hybridized carbons (Fsp3) is 0.292. The third kappa shape index (κ3) is 5.87. The number of thiophene rings is 2. The average Bonchev–Trinajstić information content (AvgIpc) is 3.38. The molecule has 3 N–H and O–H groups in total. The van der Waals surface area contributed by atoms with E-state index in [0.717, 1.165) is 21.8 Å². The molecule has 0 saturated heterocycles. The van der Waals surface area contributed by atoms with E-state index < -0.39 is 5.91 Å². The third-order valence-corrected chi connectivity index (χ3v) is 6.97. The molecular weight excluding hydrogens is 456 g/mol. The molecule has 0 aliphatic carbocycles. The van der Waals surface area contributed by atoms with Crippen molar-refractivity contribution in [2.75, 3.05) is 14.1 Å². The standard InChI is InChI=1S/C24H28N4O3S2/c1-14(25-26-22(30)18-11-12-19(33-18)23(31)27-28(5)6)17-13-32-21(20(17)29)15-7-9-16(10-8-15)24(2,3)4/h7-13,29H,1-6H3,(H,26,30)(H,27,31)/b25-14+. The second-order valence-corrected chi connectivity index (χ2v) is 10.8. The van der Waals surface area contributed by atoms with Gasteiger partial charge in [0.2, 0.25) is 0 Å². The van der Waals surface area contributed by atoms with Gasteiger partial charge in [0.05, 0.1) is 25.9 Å². The summed E-state index contributed by atoms with van der Waals surface area (Å²) in [6.45, 7) is 8.20. The Morgan fingerprint density at radius 1 is 1.00 bits per heavy atom. The van der Waals surface area contributed by atoms with Crippen molar-refractivity contribution in [1.29, 1.82) is 0 Å². The smallest absolute Gasteiger partial charge is 0.281 e. The minimum absolute atomic E-state index is 0.0577. The van der Waals surface area contributed by atoms with Crippen molar-refractivity contribution in [3.8, 4) is 16.2 Å². The molecule has 174 valence electrons. The van der Waals surface area contributed by atoms with Crippen LogP contribution in [0.25, 0.3) is 10.4 Å². The lowest BCUT2D eigenvalue weighted by Gasteiger charge is -2.19. The minimum Gasteiger partial charge on any atom is -0.506 e. The van der Waals surface area contributed by atoms with E-state index in [1.165, 1.54) is 21.9 Å². The molecule has 0 atom stereocenters. The molecule has 33 heavy (non-hydrogen) atoms. The second kappa shape index (κ2) is 9.86. The number of hydrogen-bond donors (Lipinski definition) is 3. The molecular formula is C24H28N4O3S2. The molecule has 3 rings (SSSR count). The van der Waals surface area contributed by atoms with Crippen molar-refractivity contribution in [2.45, 2.75) is 33.1 Å². The molecule has 0 unspecified atom stereocenters. The number of carbonyl (C=O) groups is 2. The van der Waals surface area contributed by atoms with Gasteiger partial charge in [-0.05, 0) is 35.6 Å². The quantitative estimate of drug-likeness (QED) is 0.345. The highest BCUT2D eigenvalue weighted by Gasteiger charge is 2.18. The summed E-state index contributed by atoms with van der Waals surface area (Å²) in [7, 11) is 3.42. The Morgan fingerprint density at radius 2 is 1.61 bits per heavy atom. The van der Waals surface area contributed by atoms with Crippen LogP contribution in [0.5, 0.6) is 5.75 Å². The van der Waals surface area contributed by atoms with Crippen LogP contribution in [0.3, 0.4) is 0 Å². The summed E-state index contributed by atoms with van der Waals surface area (Å²) in [5.74, 6) is -0.566. The van der Waals surface area contributed by atoms with Crippen molar-refractivity contribution in [3.05, 3.63) is 62.7 Å². The topological polar surface area (TPSA) is 94.0 Å². The molecule has 0 bridgehead atoms. The van der Waals surface area contributed by atoms with E-state index in [1.54, 1.807) is 33.2 Å².